The lowest BCUT2D eigenvalue weighted by Crippen LogP contribution is -2.12. The third-order valence-corrected chi connectivity index (χ3v) is 6.91. The van der Waals surface area contributed by atoms with Crippen molar-refractivity contribution in [2.45, 2.75) is 0 Å². The molecule has 0 bridgehead atoms. The summed E-state index contributed by atoms with van der Waals surface area (Å²) in [6.07, 6.45) is 7.44. The first-order chi connectivity index (χ1) is 19.6. The number of hydrogen-bond acceptors (Lipinski definition) is 2. The molecule has 0 aliphatic rings. The molecule has 0 radical (unpaired) electrons. The van der Waals surface area contributed by atoms with E-state index in [2.05, 4.69) is 157 Å². The van der Waals surface area contributed by atoms with Crippen molar-refractivity contribution in [3.8, 4) is 0 Å². The monoisotopic (exact) mass is 516 g/mol. The quantitative estimate of drug-likeness (QED) is 0.182. The van der Waals surface area contributed by atoms with Crippen molar-refractivity contribution in [2.75, 3.05) is 9.80 Å². The van der Waals surface area contributed by atoms with Gasteiger partial charge < -0.3 is 9.80 Å². The molecular formula is C38H32N2. The van der Waals surface area contributed by atoms with Crippen LogP contribution in [-0.4, -0.2) is 0 Å². The summed E-state index contributed by atoms with van der Waals surface area (Å²) >= 11 is 0. The first-order valence-electron chi connectivity index (χ1n) is 13.2. The lowest BCUT2D eigenvalue weighted by molar-refractivity contribution is 1.25. The van der Waals surface area contributed by atoms with E-state index in [0.717, 1.165) is 56.4 Å². The molecule has 0 aliphatic carbocycles. The fraction of sp³-hybridized carbons (Fsp3) is 0. The van der Waals surface area contributed by atoms with E-state index >= 15 is 0 Å². The SMILES string of the molecule is C=Cc1ccc(N(c2ccc(C=C)cc2)c2ccc(N(c3ccc(C=C)cc3)c3ccc(C=C)cc3)cc2)cc1. The molecule has 0 fully saturated rings. The van der Waals surface area contributed by atoms with Gasteiger partial charge >= 0.3 is 0 Å². The molecule has 0 amide bonds. The molecule has 0 atom stereocenters. The maximum absolute atomic E-state index is 3.90. The Labute approximate surface area is 237 Å². The Hall–Kier alpha value is -5.34. The molecule has 0 aliphatic heterocycles. The van der Waals surface area contributed by atoms with E-state index in [4.69, 9.17) is 0 Å². The van der Waals surface area contributed by atoms with E-state index in [1.807, 2.05) is 24.3 Å². The second-order valence-electron chi connectivity index (χ2n) is 9.37. The van der Waals surface area contributed by atoms with Gasteiger partial charge in [0.25, 0.3) is 0 Å². The molecular weight excluding hydrogens is 484 g/mol. The number of benzene rings is 5. The van der Waals surface area contributed by atoms with Crippen LogP contribution in [0.5, 0.6) is 0 Å². The molecule has 2 nitrogen and oxygen atoms in total. The number of rotatable bonds is 10. The molecule has 194 valence electrons. The molecule has 0 N–H and O–H groups in total. The Bertz CT molecular complexity index is 1380. The zero-order chi connectivity index (χ0) is 27.9. The molecule has 5 aromatic rings. The van der Waals surface area contributed by atoms with E-state index in [1.54, 1.807) is 0 Å². The van der Waals surface area contributed by atoms with E-state index < -0.39 is 0 Å². The molecule has 40 heavy (non-hydrogen) atoms. The van der Waals surface area contributed by atoms with Crippen LogP contribution in [0.2, 0.25) is 0 Å². The molecule has 0 saturated heterocycles. The molecule has 0 spiro atoms. The molecule has 0 aromatic heterocycles. The highest BCUT2D eigenvalue weighted by Crippen LogP contribution is 2.39. The summed E-state index contributed by atoms with van der Waals surface area (Å²) in [5.41, 5.74) is 10.7. The van der Waals surface area contributed by atoms with Crippen molar-refractivity contribution in [3.05, 3.63) is 170 Å². The summed E-state index contributed by atoms with van der Waals surface area (Å²) in [7, 11) is 0. The number of hydrogen-bond donors (Lipinski definition) is 0. The minimum atomic E-state index is 1.06. The van der Waals surface area contributed by atoms with Gasteiger partial charge in [-0.1, -0.05) is 99.2 Å². The van der Waals surface area contributed by atoms with Gasteiger partial charge in [-0.15, -0.1) is 0 Å². The third-order valence-electron chi connectivity index (χ3n) is 6.91. The summed E-state index contributed by atoms with van der Waals surface area (Å²) in [5, 5.41) is 0. The van der Waals surface area contributed by atoms with Crippen molar-refractivity contribution >= 4 is 58.4 Å². The summed E-state index contributed by atoms with van der Waals surface area (Å²) < 4.78 is 0. The van der Waals surface area contributed by atoms with Gasteiger partial charge in [0.1, 0.15) is 0 Å². The summed E-state index contributed by atoms with van der Waals surface area (Å²) in [4.78, 5) is 4.51. The van der Waals surface area contributed by atoms with Crippen molar-refractivity contribution in [1.82, 2.24) is 0 Å². The zero-order valence-electron chi connectivity index (χ0n) is 22.6. The van der Waals surface area contributed by atoms with Crippen molar-refractivity contribution in [2.24, 2.45) is 0 Å². The predicted octanol–water partition coefficient (Wildman–Crippen LogP) is 11.2. The fourth-order valence-electron chi connectivity index (χ4n) is 4.68. The average Bonchev–Trinajstić information content (AvgIpc) is 3.03. The van der Waals surface area contributed by atoms with Gasteiger partial charge in [-0.3, -0.25) is 0 Å². The maximum Gasteiger partial charge on any atom is 0.0463 e. The maximum atomic E-state index is 3.90. The van der Waals surface area contributed by atoms with E-state index in [9.17, 15) is 0 Å². The van der Waals surface area contributed by atoms with Gasteiger partial charge in [0.15, 0.2) is 0 Å². The minimum absolute atomic E-state index is 1.06. The summed E-state index contributed by atoms with van der Waals surface area (Å²) in [6, 6.07) is 42.4. The molecule has 0 saturated carbocycles. The lowest BCUT2D eigenvalue weighted by Gasteiger charge is -2.28. The number of anilines is 6. The van der Waals surface area contributed by atoms with Gasteiger partial charge in [-0.25, -0.2) is 0 Å². The molecule has 5 rings (SSSR count). The first-order valence-corrected chi connectivity index (χ1v) is 13.2. The van der Waals surface area contributed by atoms with Crippen LogP contribution in [0.3, 0.4) is 0 Å². The van der Waals surface area contributed by atoms with Crippen LogP contribution >= 0.6 is 0 Å². The Morgan fingerprint density at radius 1 is 0.275 bits per heavy atom. The van der Waals surface area contributed by atoms with E-state index in [1.165, 1.54) is 0 Å². The normalized spacial score (nSPS) is 10.4. The first kappa shape index (κ1) is 26.3. The Balaban J connectivity index is 1.58. The Morgan fingerprint density at radius 3 is 0.575 bits per heavy atom. The highest BCUT2D eigenvalue weighted by Gasteiger charge is 2.16. The van der Waals surface area contributed by atoms with Crippen molar-refractivity contribution < 1.29 is 0 Å². The van der Waals surface area contributed by atoms with Crippen molar-refractivity contribution in [3.63, 3.8) is 0 Å². The van der Waals surface area contributed by atoms with Gasteiger partial charge in [0.05, 0.1) is 0 Å². The van der Waals surface area contributed by atoms with Crippen LogP contribution < -0.4 is 9.80 Å². The Morgan fingerprint density at radius 2 is 0.425 bits per heavy atom. The van der Waals surface area contributed by atoms with Crippen LogP contribution in [0.15, 0.2) is 148 Å². The summed E-state index contributed by atoms with van der Waals surface area (Å²) in [6.45, 7) is 15.6. The van der Waals surface area contributed by atoms with Gasteiger partial charge in [0.2, 0.25) is 0 Å². The smallest absolute Gasteiger partial charge is 0.0463 e. The van der Waals surface area contributed by atoms with Crippen LogP contribution in [0.4, 0.5) is 34.1 Å². The minimum Gasteiger partial charge on any atom is -0.311 e. The third kappa shape index (κ3) is 5.57. The number of nitrogens with zero attached hydrogens (tertiary/aromatic N) is 2. The fourth-order valence-corrected chi connectivity index (χ4v) is 4.68. The van der Waals surface area contributed by atoms with Gasteiger partial charge in [-0.2, -0.15) is 0 Å². The zero-order valence-corrected chi connectivity index (χ0v) is 22.6. The van der Waals surface area contributed by atoms with Crippen LogP contribution in [0.1, 0.15) is 22.3 Å². The van der Waals surface area contributed by atoms with E-state index in [0.29, 0.717) is 0 Å². The van der Waals surface area contributed by atoms with Gasteiger partial charge in [-0.05, 0) is 95.1 Å². The van der Waals surface area contributed by atoms with E-state index in [-0.39, 0.29) is 0 Å². The average molecular weight is 517 g/mol. The second-order valence-corrected chi connectivity index (χ2v) is 9.37. The van der Waals surface area contributed by atoms with Crippen molar-refractivity contribution in [1.29, 1.82) is 0 Å². The highest BCUT2D eigenvalue weighted by atomic mass is 15.2. The molecule has 5 aromatic carbocycles. The lowest BCUT2D eigenvalue weighted by atomic mass is 10.1. The molecule has 2 heteroatoms. The highest BCUT2D eigenvalue weighted by molar-refractivity contribution is 5.82. The predicted molar refractivity (Wildman–Crippen MR) is 176 cm³/mol. The van der Waals surface area contributed by atoms with Gasteiger partial charge in [0, 0.05) is 34.1 Å². The second kappa shape index (κ2) is 12.0. The molecule has 0 heterocycles. The van der Waals surface area contributed by atoms with Crippen LogP contribution in [0, 0.1) is 0 Å². The Kier molecular flexibility index (Phi) is 7.89. The van der Waals surface area contributed by atoms with Crippen LogP contribution in [-0.2, 0) is 0 Å². The largest absolute Gasteiger partial charge is 0.311 e. The topological polar surface area (TPSA) is 6.48 Å². The van der Waals surface area contributed by atoms with Crippen LogP contribution in [0.25, 0.3) is 24.3 Å². The summed E-state index contributed by atoms with van der Waals surface area (Å²) in [5.74, 6) is 0. The molecule has 0 unspecified atom stereocenters. The standard InChI is InChI=1S/C38H32N2/c1-5-29-9-17-33(18-10-29)39(34-19-11-30(6-2)12-20-34)37-25-27-38(28-26-37)40(35-21-13-31(7-3)14-22-35)36-23-15-32(8-4)16-24-36/h5-28H,1-4H2.